The molecule has 5 heteroatoms. The van der Waals surface area contributed by atoms with Crippen molar-refractivity contribution in [2.75, 3.05) is 32.0 Å². The van der Waals surface area contributed by atoms with Gasteiger partial charge in [-0.15, -0.1) is 0 Å². The Hall–Kier alpha value is -1.36. The molecule has 1 atom stereocenters. The molecular weight excluding hydrogens is 228 g/mol. The minimum absolute atomic E-state index is 0.0836. The van der Waals surface area contributed by atoms with Gasteiger partial charge in [-0.2, -0.15) is 0 Å². The molecule has 0 radical (unpaired) electrons. The summed E-state index contributed by atoms with van der Waals surface area (Å²) in [6.45, 7) is 7.21. The summed E-state index contributed by atoms with van der Waals surface area (Å²) in [5.74, 6) is 2.32. The Morgan fingerprint density at radius 2 is 2.39 bits per heavy atom. The van der Waals surface area contributed by atoms with Gasteiger partial charge in [0.1, 0.15) is 11.6 Å². The van der Waals surface area contributed by atoms with Crippen LogP contribution in [0.2, 0.25) is 0 Å². The quantitative estimate of drug-likeness (QED) is 0.844. The largest absolute Gasteiger partial charge is 0.370 e. The van der Waals surface area contributed by atoms with Crippen molar-refractivity contribution in [1.82, 2.24) is 14.9 Å². The van der Waals surface area contributed by atoms with Gasteiger partial charge in [-0.3, -0.25) is 4.79 Å². The molecule has 1 aliphatic heterocycles. The average molecular weight is 250 g/mol. The molecule has 1 aromatic rings. The Morgan fingerprint density at radius 1 is 1.61 bits per heavy atom. The lowest BCUT2D eigenvalue weighted by molar-refractivity contribution is 0.399. The van der Waals surface area contributed by atoms with Crippen LogP contribution in [0.4, 0.5) is 5.82 Å². The van der Waals surface area contributed by atoms with Gasteiger partial charge in [0, 0.05) is 25.1 Å². The first-order valence-corrected chi connectivity index (χ1v) is 6.58. The first-order valence-electron chi connectivity index (χ1n) is 6.58. The van der Waals surface area contributed by atoms with Gasteiger partial charge >= 0.3 is 0 Å². The molecule has 0 amide bonds. The van der Waals surface area contributed by atoms with Crippen molar-refractivity contribution in [1.29, 1.82) is 0 Å². The standard InChI is InChI=1S/C13H22N4O/c1-9(2)13-15-11(6-12(18)16-13)14-7-10-4-5-17(3)8-10/h6,9-10H,4-5,7-8H2,1-3H3,(H2,14,15,16,18). The Labute approximate surface area is 108 Å². The third kappa shape index (κ3) is 3.32. The van der Waals surface area contributed by atoms with Gasteiger partial charge in [0.15, 0.2) is 0 Å². The second-order valence-corrected chi connectivity index (χ2v) is 5.47. The zero-order chi connectivity index (χ0) is 13.1. The summed E-state index contributed by atoms with van der Waals surface area (Å²) < 4.78 is 0. The Balaban J connectivity index is 1.98. The van der Waals surface area contributed by atoms with Gasteiger partial charge in [-0.1, -0.05) is 13.8 Å². The van der Waals surface area contributed by atoms with E-state index in [9.17, 15) is 4.79 Å². The molecule has 2 heterocycles. The zero-order valence-electron chi connectivity index (χ0n) is 11.4. The van der Waals surface area contributed by atoms with Crippen molar-refractivity contribution >= 4 is 5.82 Å². The minimum Gasteiger partial charge on any atom is -0.370 e. The fourth-order valence-corrected chi connectivity index (χ4v) is 2.28. The fraction of sp³-hybridized carbons (Fsp3) is 0.692. The van der Waals surface area contributed by atoms with E-state index in [2.05, 4.69) is 27.2 Å². The summed E-state index contributed by atoms with van der Waals surface area (Å²) in [5, 5.41) is 3.29. The van der Waals surface area contributed by atoms with Gasteiger partial charge in [-0.05, 0) is 25.9 Å². The van der Waals surface area contributed by atoms with E-state index in [1.165, 1.54) is 12.5 Å². The Morgan fingerprint density at radius 3 is 3.00 bits per heavy atom. The molecule has 0 bridgehead atoms. The number of nitrogens with zero attached hydrogens (tertiary/aromatic N) is 2. The summed E-state index contributed by atoms with van der Waals surface area (Å²) in [6, 6.07) is 1.53. The number of aromatic amines is 1. The molecule has 1 fully saturated rings. The molecular formula is C13H22N4O. The molecule has 1 saturated heterocycles. The number of nitrogens with one attached hydrogen (secondary N) is 2. The number of rotatable bonds is 4. The molecule has 1 aromatic heterocycles. The number of H-pyrrole nitrogens is 1. The summed E-state index contributed by atoms with van der Waals surface area (Å²) in [5.41, 5.74) is -0.0836. The Kier molecular flexibility index (Phi) is 4.01. The summed E-state index contributed by atoms with van der Waals surface area (Å²) in [6.07, 6.45) is 1.21. The highest BCUT2D eigenvalue weighted by Gasteiger charge is 2.19. The number of aromatic nitrogens is 2. The van der Waals surface area contributed by atoms with E-state index < -0.39 is 0 Å². The van der Waals surface area contributed by atoms with E-state index >= 15 is 0 Å². The maximum absolute atomic E-state index is 11.5. The minimum atomic E-state index is -0.0836. The number of anilines is 1. The van der Waals surface area contributed by atoms with Crippen molar-refractivity contribution in [3.8, 4) is 0 Å². The van der Waals surface area contributed by atoms with Crippen LogP contribution >= 0.6 is 0 Å². The molecule has 100 valence electrons. The average Bonchev–Trinajstić information content (AvgIpc) is 2.72. The topological polar surface area (TPSA) is 61.0 Å². The van der Waals surface area contributed by atoms with E-state index in [1.54, 1.807) is 0 Å². The number of hydrogen-bond donors (Lipinski definition) is 2. The van der Waals surface area contributed by atoms with Crippen molar-refractivity contribution in [3.05, 3.63) is 22.2 Å². The molecule has 1 unspecified atom stereocenters. The third-order valence-corrected chi connectivity index (χ3v) is 3.37. The maximum atomic E-state index is 11.5. The van der Waals surface area contributed by atoms with Crippen LogP contribution in [0.3, 0.4) is 0 Å². The van der Waals surface area contributed by atoms with Gasteiger partial charge in [0.25, 0.3) is 5.56 Å². The molecule has 1 aliphatic rings. The lowest BCUT2D eigenvalue weighted by Gasteiger charge is -2.13. The van der Waals surface area contributed by atoms with E-state index in [4.69, 9.17) is 0 Å². The fourth-order valence-electron chi connectivity index (χ4n) is 2.28. The third-order valence-electron chi connectivity index (χ3n) is 3.37. The summed E-state index contributed by atoms with van der Waals surface area (Å²) in [7, 11) is 2.14. The SMILES string of the molecule is CC(C)c1nc(NCC2CCN(C)C2)cc(=O)[nH]1. The monoisotopic (exact) mass is 250 g/mol. The normalized spacial score (nSPS) is 20.6. The van der Waals surface area contributed by atoms with Crippen molar-refractivity contribution in [2.45, 2.75) is 26.2 Å². The molecule has 2 rings (SSSR count). The van der Waals surface area contributed by atoms with Crippen molar-refractivity contribution in [2.24, 2.45) is 5.92 Å². The summed E-state index contributed by atoms with van der Waals surface area (Å²) >= 11 is 0. The molecule has 0 aliphatic carbocycles. The predicted molar refractivity (Wildman–Crippen MR) is 73.0 cm³/mol. The van der Waals surface area contributed by atoms with Crippen LogP contribution in [0.1, 0.15) is 32.0 Å². The van der Waals surface area contributed by atoms with Crippen LogP contribution in [0.15, 0.2) is 10.9 Å². The maximum Gasteiger partial charge on any atom is 0.252 e. The first kappa shape index (κ1) is 13.1. The van der Waals surface area contributed by atoms with Crippen LogP contribution in [0.5, 0.6) is 0 Å². The van der Waals surface area contributed by atoms with Crippen LogP contribution in [0, 0.1) is 5.92 Å². The van der Waals surface area contributed by atoms with Crippen LogP contribution in [-0.2, 0) is 0 Å². The molecule has 0 aromatic carbocycles. The molecule has 5 nitrogen and oxygen atoms in total. The molecule has 0 saturated carbocycles. The summed E-state index contributed by atoms with van der Waals surface area (Å²) in [4.78, 5) is 21.1. The second-order valence-electron chi connectivity index (χ2n) is 5.47. The van der Waals surface area contributed by atoms with Gasteiger partial charge in [0.2, 0.25) is 0 Å². The smallest absolute Gasteiger partial charge is 0.252 e. The van der Waals surface area contributed by atoms with Crippen molar-refractivity contribution < 1.29 is 0 Å². The van der Waals surface area contributed by atoms with E-state index in [-0.39, 0.29) is 11.5 Å². The highest BCUT2D eigenvalue weighted by Crippen LogP contribution is 2.15. The van der Waals surface area contributed by atoms with Gasteiger partial charge in [-0.25, -0.2) is 4.98 Å². The second kappa shape index (κ2) is 5.52. The Bertz CT molecular complexity index is 455. The highest BCUT2D eigenvalue weighted by atomic mass is 16.1. The predicted octanol–water partition coefficient (Wildman–Crippen LogP) is 1.26. The first-order chi connectivity index (χ1) is 8.54. The zero-order valence-corrected chi connectivity index (χ0v) is 11.4. The molecule has 2 N–H and O–H groups in total. The van der Waals surface area contributed by atoms with Gasteiger partial charge in [0.05, 0.1) is 0 Å². The van der Waals surface area contributed by atoms with Gasteiger partial charge < -0.3 is 15.2 Å². The van der Waals surface area contributed by atoms with E-state index in [0.717, 1.165) is 25.5 Å². The van der Waals surface area contributed by atoms with Crippen LogP contribution in [0.25, 0.3) is 0 Å². The number of hydrogen-bond acceptors (Lipinski definition) is 4. The van der Waals surface area contributed by atoms with E-state index in [1.807, 2.05) is 13.8 Å². The lowest BCUT2D eigenvalue weighted by atomic mass is 10.1. The van der Waals surface area contributed by atoms with Crippen LogP contribution in [-0.4, -0.2) is 41.5 Å². The van der Waals surface area contributed by atoms with Crippen molar-refractivity contribution in [3.63, 3.8) is 0 Å². The number of likely N-dealkylation sites (tertiary alicyclic amines) is 1. The lowest BCUT2D eigenvalue weighted by Crippen LogP contribution is -2.21. The highest BCUT2D eigenvalue weighted by molar-refractivity contribution is 5.33. The van der Waals surface area contributed by atoms with Crippen LogP contribution < -0.4 is 10.9 Å². The molecule has 18 heavy (non-hydrogen) atoms. The molecule has 0 spiro atoms. The van der Waals surface area contributed by atoms with E-state index in [0.29, 0.717) is 11.7 Å².